The van der Waals surface area contributed by atoms with Crippen LogP contribution in [0.1, 0.15) is 46.6 Å². The zero-order valence-corrected chi connectivity index (χ0v) is 19.2. The van der Waals surface area contributed by atoms with Crippen molar-refractivity contribution in [1.82, 2.24) is 15.2 Å². The Bertz CT molecular complexity index is 1160. The Morgan fingerprint density at radius 1 is 1.18 bits per heavy atom. The van der Waals surface area contributed by atoms with Gasteiger partial charge in [0.1, 0.15) is 29.6 Å². The molecule has 2 saturated heterocycles. The number of nitrogens with zero attached hydrogens (tertiary/aromatic N) is 3. The van der Waals surface area contributed by atoms with Crippen molar-refractivity contribution in [3.8, 4) is 5.75 Å². The molecule has 0 saturated carbocycles. The predicted octanol–water partition coefficient (Wildman–Crippen LogP) is 4.35. The van der Waals surface area contributed by atoms with Gasteiger partial charge in [0.25, 0.3) is 5.91 Å². The number of halogens is 1. The lowest BCUT2D eigenvalue weighted by molar-refractivity contribution is 0.0493. The summed E-state index contributed by atoms with van der Waals surface area (Å²) >= 11 is 0. The first-order valence-electron chi connectivity index (χ1n) is 11.7. The number of hydrogen-bond acceptors (Lipinski definition) is 6. The topological polar surface area (TPSA) is 77.7 Å². The van der Waals surface area contributed by atoms with E-state index in [0.717, 1.165) is 24.8 Å². The van der Waals surface area contributed by atoms with Crippen LogP contribution >= 0.6 is 0 Å². The molecule has 2 aromatic carbocycles. The summed E-state index contributed by atoms with van der Waals surface area (Å²) in [4.78, 5) is 15.2. The molecule has 0 radical (unpaired) electrons. The molecule has 1 unspecified atom stereocenters. The number of rotatable bonds is 6. The van der Waals surface area contributed by atoms with Gasteiger partial charge in [0, 0.05) is 13.1 Å². The van der Waals surface area contributed by atoms with Crippen molar-refractivity contribution >= 4 is 5.91 Å². The minimum atomic E-state index is -0.214. The number of likely N-dealkylation sites (tertiary alicyclic amines) is 1. The molecule has 0 N–H and O–H groups in total. The third-order valence-corrected chi connectivity index (χ3v) is 6.98. The fraction of sp³-hybridized carbons (Fsp3) is 0.423. The van der Waals surface area contributed by atoms with Crippen LogP contribution in [0.3, 0.4) is 0 Å². The highest BCUT2D eigenvalue weighted by Crippen LogP contribution is 2.43. The summed E-state index contributed by atoms with van der Waals surface area (Å²) in [7, 11) is 0. The number of para-hydroxylation sites is 1. The highest BCUT2D eigenvalue weighted by molar-refractivity contribution is 5.97. The van der Waals surface area contributed by atoms with Crippen molar-refractivity contribution in [2.45, 2.75) is 45.3 Å². The van der Waals surface area contributed by atoms with E-state index in [4.69, 9.17) is 14.1 Å². The van der Waals surface area contributed by atoms with Crippen LogP contribution in [0, 0.1) is 18.2 Å². The number of aromatic nitrogens is 2. The molecule has 1 aromatic heterocycles. The van der Waals surface area contributed by atoms with Crippen LogP contribution in [0.5, 0.6) is 5.75 Å². The van der Waals surface area contributed by atoms with E-state index >= 15 is 0 Å². The van der Waals surface area contributed by atoms with Crippen LogP contribution in [0.4, 0.5) is 4.39 Å². The molecule has 3 heterocycles. The van der Waals surface area contributed by atoms with E-state index in [0.29, 0.717) is 48.8 Å². The van der Waals surface area contributed by atoms with E-state index in [1.165, 1.54) is 6.07 Å². The molecule has 2 fully saturated rings. The summed E-state index contributed by atoms with van der Waals surface area (Å²) in [5.41, 5.74) is 2.86. The first-order chi connectivity index (χ1) is 16.5. The Kier molecular flexibility index (Phi) is 6.32. The molecule has 5 rings (SSSR count). The molecule has 178 valence electrons. The molecule has 2 aliphatic heterocycles. The second-order valence-corrected chi connectivity index (χ2v) is 9.34. The molecule has 0 aliphatic carbocycles. The lowest BCUT2D eigenvalue weighted by Crippen LogP contribution is -2.43. The van der Waals surface area contributed by atoms with Crippen LogP contribution in [-0.2, 0) is 17.8 Å². The number of aryl methyl sites for hydroxylation is 1. The van der Waals surface area contributed by atoms with Gasteiger partial charge in [0.05, 0.1) is 18.3 Å². The number of piperidine rings is 1. The monoisotopic (exact) mass is 465 g/mol. The van der Waals surface area contributed by atoms with Crippen molar-refractivity contribution in [3.05, 3.63) is 76.9 Å². The van der Waals surface area contributed by atoms with Crippen LogP contribution in [0.15, 0.2) is 53.2 Å². The van der Waals surface area contributed by atoms with Gasteiger partial charge in [-0.2, -0.15) is 0 Å². The first kappa shape index (κ1) is 22.5. The molecule has 34 heavy (non-hydrogen) atoms. The molecule has 1 spiro atoms. The van der Waals surface area contributed by atoms with Crippen molar-refractivity contribution in [2.75, 3.05) is 19.7 Å². The minimum Gasteiger partial charge on any atom is -0.486 e. The van der Waals surface area contributed by atoms with Crippen molar-refractivity contribution in [3.63, 3.8) is 0 Å². The van der Waals surface area contributed by atoms with Gasteiger partial charge >= 0.3 is 0 Å². The molecule has 0 bridgehead atoms. The van der Waals surface area contributed by atoms with Crippen molar-refractivity contribution in [1.29, 1.82) is 0 Å². The molecule has 1 amide bonds. The third-order valence-electron chi connectivity index (χ3n) is 6.98. The minimum absolute atomic E-state index is 0.0318. The smallest absolute Gasteiger partial charge is 0.257 e. The molecule has 7 nitrogen and oxygen atoms in total. The molecule has 2 aliphatic rings. The molecule has 3 aromatic rings. The third kappa shape index (κ3) is 4.82. The fourth-order valence-corrected chi connectivity index (χ4v) is 4.95. The molecule has 8 heteroatoms. The van der Waals surface area contributed by atoms with Gasteiger partial charge in [0.15, 0.2) is 0 Å². The largest absolute Gasteiger partial charge is 0.486 e. The van der Waals surface area contributed by atoms with Gasteiger partial charge in [-0.25, -0.2) is 9.02 Å². The normalized spacial score (nSPS) is 19.5. The summed E-state index contributed by atoms with van der Waals surface area (Å²) in [6.45, 7) is 4.03. The predicted molar refractivity (Wildman–Crippen MR) is 122 cm³/mol. The number of carbonyl (C=O) groups is 1. The summed E-state index contributed by atoms with van der Waals surface area (Å²) in [6, 6.07) is 14.0. The second kappa shape index (κ2) is 9.54. The van der Waals surface area contributed by atoms with E-state index in [2.05, 4.69) is 10.3 Å². The molecular weight excluding hydrogens is 437 g/mol. The van der Waals surface area contributed by atoms with E-state index in [9.17, 15) is 9.18 Å². The quantitative estimate of drug-likeness (QED) is 0.539. The number of ether oxygens (including phenoxy) is 2. The summed E-state index contributed by atoms with van der Waals surface area (Å²) in [6.07, 6.45) is 3.54. The summed E-state index contributed by atoms with van der Waals surface area (Å²) in [5, 5.41) is 7.59. The van der Waals surface area contributed by atoms with Gasteiger partial charge in [0.2, 0.25) is 0 Å². The van der Waals surface area contributed by atoms with Gasteiger partial charge in [-0.1, -0.05) is 34.6 Å². The second-order valence-electron chi connectivity index (χ2n) is 9.34. The standard InChI is InChI=1S/C26H28FN3O4/c1-18-23(29-34-28-18)16-32-24-8-3-2-7-22(24)25(31)30-11-9-26(10-12-30)15-21(33-17-26)14-19-5-4-6-20(27)13-19/h2-8,13,21H,9-12,14-17H2,1H3. The van der Waals surface area contributed by atoms with Gasteiger partial charge in [-0.05, 0) is 67.9 Å². The maximum atomic E-state index is 13.5. The van der Waals surface area contributed by atoms with Crippen molar-refractivity contribution < 1.29 is 23.3 Å². The Morgan fingerprint density at radius 3 is 2.76 bits per heavy atom. The number of benzene rings is 2. The van der Waals surface area contributed by atoms with Crippen LogP contribution < -0.4 is 4.74 Å². The lowest BCUT2D eigenvalue weighted by Gasteiger charge is -2.38. The van der Waals surface area contributed by atoms with E-state index in [1.54, 1.807) is 31.2 Å². The summed E-state index contributed by atoms with van der Waals surface area (Å²) < 4.78 is 30.2. The first-order valence-corrected chi connectivity index (χ1v) is 11.7. The molecule has 1 atom stereocenters. The van der Waals surface area contributed by atoms with Gasteiger partial charge < -0.3 is 14.4 Å². The fourth-order valence-electron chi connectivity index (χ4n) is 4.95. The maximum absolute atomic E-state index is 13.5. The highest BCUT2D eigenvalue weighted by atomic mass is 19.1. The Morgan fingerprint density at radius 2 is 2.00 bits per heavy atom. The Balaban J connectivity index is 1.18. The number of hydrogen-bond donors (Lipinski definition) is 0. The zero-order valence-electron chi connectivity index (χ0n) is 19.2. The van der Waals surface area contributed by atoms with E-state index in [-0.39, 0.29) is 29.9 Å². The average molecular weight is 466 g/mol. The highest BCUT2D eigenvalue weighted by Gasteiger charge is 2.43. The van der Waals surface area contributed by atoms with E-state index < -0.39 is 0 Å². The van der Waals surface area contributed by atoms with Crippen LogP contribution in [0.2, 0.25) is 0 Å². The zero-order chi connectivity index (χ0) is 23.5. The SMILES string of the molecule is Cc1nonc1COc1ccccc1C(=O)N1CCC2(CC1)COC(Cc1cccc(F)c1)C2. The van der Waals surface area contributed by atoms with Crippen LogP contribution in [0.25, 0.3) is 0 Å². The van der Waals surface area contributed by atoms with Crippen molar-refractivity contribution in [2.24, 2.45) is 5.41 Å². The maximum Gasteiger partial charge on any atom is 0.257 e. The summed E-state index contributed by atoms with van der Waals surface area (Å²) in [5.74, 6) is 0.277. The molecular formula is C26H28FN3O4. The van der Waals surface area contributed by atoms with Gasteiger partial charge in [-0.3, -0.25) is 4.79 Å². The number of carbonyl (C=O) groups excluding carboxylic acids is 1. The van der Waals surface area contributed by atoms with Crippen LogP contribution in [-0.4, -0.2) is 46.9 Å². The Hall–Kier alpha value is -3.26. The Labute approximate surface area is 197 Å². The van der Waals surface area contributed by atoms with E-state index in [1.807, 2.05) is 23.1 Å². The van der Waals surface area contributed by atoms with Gasteiger partial charge in [-0.15, -0.1) is 0 Å². The number of amides is 1. The lowest BCUT2D eigenvalue weighted by atomic mass is 9.76. The average Bonchev–Trinajstić information content (AvgIpc) is 3.43.